The van der Waals surface area contributed by atoms with Crippen LogP contribution in [0.1, 0.15) is 19.5 Å². The maximum atomic E-state index is 5.35. The van der Waals surface area contributed by atoms with Crippen LogP contribution in [0.25, 0.3) is 0 Å². The van der Waals surface area contributed by atoms with E-state index >= 15 is 0 Å². The summed E-state index contributed by atoms with van der Waals surface area (Å²) in [5.74, 6) is 0. The maximum absolute atomic E-state index is 5.35. The van der Waals surface area contributed by atoms with Gasteiger partial charge in [0.1, 0.15) is 0 Å². The Kier molecular flexibility index (Phi) is 3.05. The zero-order valence-corrected chi connectivity index (χ0v) is 6.87. The average Bonchev–Trinajstić information content (AvgIpc) is 2.03. The Labute approximate surface area is 67.2 Å². The van der Waals surface area contributed by atoms with E-state index in [-0.39, 0.29) is 6.10 Å². The molecule has 0 atom stereocenters. The lowest BCUT2D eigenvalue weighted by molar-refractivity contribution is 0.0636. The maximum Gasteiger partial charge on any atom is 0.0891 e. The van der Waals surface area contributed by atoms with Crippen molar-refractivity contribution in [2.75, 3.05) is 0 Å². The largest absolute Gasteiger partial charge is 0.373 e. The van der Waals surface area contributed by atoms with Gasteiger partial charge in [-0.2, -0.15) is 0 Å². The van der Waals surface area contributed by atoms with Gasteiger partial charge in [-0.25, -0.2) is 0 Å². The van der Waals surface area contributed by atoms with E-state index < -0.39 is 0 Å². The molecular weight excluding hydrogens is 138 g/mol. The topological polar surface area (TPSA) is 22.1 Å². The van der Waals surface area contributed by atoms with Crippen molar-refractivity contribution in [2.24, 2.45) is 0 Å². The number of nitrogens with zero attached hydrogens (tertiary/aromatic N) is 1. The van der Waals surface area contributed by atoms with Crippen molar-refractivity contribution in [3.63, 3.8) is 0 Å². The monoisotopic (exact) mass is 150 g/mol. The highest BCUT2D eigenvalue weighted by Gasteiger charge is 1.94. The third-order valence-electron chi connectivity index (χ3n) is 1.24. The van der Waals surface area contributed by atoms with Crippen molar-refractivity contribution in [1.29, 1.82) is 0 Å². The van der Waals surface area contributed by atoms with E-state index in [2.05, 4.69) is 11.1 Å². The molecule has 0 bridgehead atoms. The van der Waals surface area contributed by atoms with E-state index in [1.807, 2.05) is 26.0 Å². The lowest BCUT2D eigenvalue weighted by atomic mass is 10.4. The molecule has 0 N–H and O–H groups in total. The van der Waals surface area contributed by atoms with Crippen molar-refractivity contribution in [3.8, 4) is 0 Å². The van der Waals surface area contributed by atoms with E-state index in [0.717, 1.165) is 5.69 Å². The minimum atomic E-state index is 0.265. The summed E-state index contributed by atoms with van der Waals surface area (Å²) in [5.41, 5.74) is 0.956. The zero-order valence-electron chi connectivity index (χ0n) is 6.87. The summed E-state index contributed by atoms with van der Waals surface area (Å²) in [6.07, 6.45) is 1.92. The molecule has 1 rings (SSSR count). The van der Waals surface area contributed by atoms with Crippen LogP contribution in [0, 0.1) is 6.07 Å². The van der Waals surface area contributed by atoms with Crippen LogP contribution in [-0.2, 0) is 11.3 Å². The summed E-state index contributed by atoms with van der Waals surface area (Å²) in [4.78, 5) is 4.07. The van der Waals surface area contributed by atoms with Crippen molar-refractivity contribution < 1.29 is 4.74 Å². The first-order valence-electron chi connectivity index (χ1n) is 3.71. The molecule has 2 nitrogen and oxygen atoms in total. The first-order chi connectivity index (χ1) is 5.29. The van der Waals surface area contributed by atoms with Crippen molar-refractivity contribution in [3.05, 3.63) is 30.1 Å². The Morgan fingerprint density at radius 1 is 1.64 bits per heavy atom. The first-order valence-corrected chi connectivity index (χ1v) is 3.71. The van der Waals surface area contributed by atoms with Gasteiger partial charge in [-0.15, -0.1) is 0 Å². The van der Waals surface area contributed by atoms with Crippen LogP contribution in [-0.4, -0.2) is 11.1 Å². The minimum absolute atomic E-state index is 0.265. The fraction of sp³-hybridized carbons (Fsp3) is 0.444. The second-order valence-corrected chi connectivity index (χ2v) is 2.61. The van der Waals surface area contributed by atoms with Crippen LogP contribution in [0.4, 0.5) is 0 Å². The lowest BCUT2D eigenvalue weighted by Gasteiger charge is -2.05. The Bertz CT molecular complexity index is 196. The summed E-state index contributed by atoms with van der Waals surface area (Å²) >= 11 is 0. The summed E-state index contributed by atoms with van der Waals surface area (Å²) in [6.45, 7) is 4.61. The highest BCUT2D eigenvalue weighted by atomic mass is 16.5. The average molecular weight is 150 g/mol. The molecule has 0 aliphatic rings. The van der Waals surface area contributed by atoms with Crippen LogP contribution in [0.5, 0.6) is 0 Å². The molecular formula is C9H12NO. The normalized spacial score (nSPS) is 10.5. The van der Waals surface area contributed by atoms with Gasteiger partial charge in [-0.1, -0.05) is 6.07 Å². The predicted octanol–water partition coefficient (Wildman–Crippen LogP) is 1.81. The number of rotatable bonds is 3. The molecule has 1 aromatic heterocycles. The second kappa shape index (κ2) is 4.09. The van der Waals surface area contributed by atoms with Gasteiger partial charge in [0.15, 0.2) is 0 Å². The Hall–Kier alpha value is -0.890. The minimum Gasteiger partial charge on any atom is -0.373 e. The van der Waals surface area contributed by atoms with E-state index in [1.165, 1.54) is 0 Å². The van der Waals surface area contributed by atoms with Crippen LogP contribution >= 0.6 is 0 Å². The smallest absolute Gasteiger partial charge is 0.0891 e. The van der Waals surface area contributed by atoms with E-state index in [4.69, 9.17) is 4.74 Å². The molecule has 1 aromatic rings. The van der Waals surface area contributed by atoms with E-state index in [9.17, 15) is 0 Å². The van der Waals surface area contributed by atoms with E-state index in [0.29, 0.717) is 6.61 Å². The van der Waals surface area contributed by atoms with Gasteiger partial charge < -0.3 is 4.74 Å². The summed E-state index contributed by atoms with van der Waals surface area (Å²) < 4.78 is 5.35. The van der Waals surface area contributed by atoms with Crippen molar-refractivity contribution in [2.45, 2.75) is 26.6 Å². The third-order valence-corrected chi connectivity index (χ3v) is 1.24. The molecule has 1 heterocycles. The molecule has 0 amide bonds. The highest BCUT2D eigenvalue weighted by Crippen LogP contribution is 1.98. The lowest BCUT2D eigenvalue weighted by Crippen LogP contribution is -2.03. The van der Waals surface area contributed by atoms with Crippen molar-refractivity contribution in [1.82, 2.24) is 4.98 Å². The number of pyridine rings is 1. The third kappa shape index (κ3) is 3.14. The van der Waals surface area contributed by atoms with Gasteiger partial charge in [-0.3, -0.25) is 4.98 Å². The van der Waals surface area contributed by atoms with E-state index in [1.54, 1.807) is 6.20 Å². The molecule has 2 heteroatoms. The molecule has 59 valence electrons. The summed E-state index contributed by atoms with van der Waals surface area (Å²) in [5, 5.41) is 0. The van der Waals surface area contributed by atoms with Gasteiger partial charge in [0.2, 0.25) is 0 Å². The molecule has 0 saturated heterocycles. The molecule has 0 unspecified atom stereocenters. The summed E-state index contributed by atoms with van der Waals surface area (Å²) in [6, 6.07) is 6.60. The standard InChI is InChI=1S/C9H12NO/c1-8(2)11-7-9-5-3-4-6-10-9/h3,5-6,8H,7H2,1-2H3. The molecule has 0 aromatic carbocycles. The van der Waals surface area contributed by atoms with Crippen LogP contribution < -0.4 is 0 Å². The van der Waals surface area contributed by atoms with Crippen LogP contribution in [0.15, 0.2) is 18.3 Å². The number of ether oxygens (including phenoxy) is 1. The Balaban J connectivity index is 2.39. The van der Waals surface area contributed by atoms with Crippen molar-refractivity contribution >= 4 is 0 Å². The van der Waals surface area contributed by atoms with Crippen LogP contribution in [0.2, 0.25) is 0 Å². The number of hydrogen-bond donors (Lipinski definition) is 0. The molecule has 1 radical (unpaired) electrons. The van der Waals surface area contributed by atoms with Gasteiger partial charge in [0.25, 0.3) is 0 Å². The zero-order chi connectivity index (χ0) is 8.10. The SMILES string of the molecule is CC(C)OCc1cc[c]cn1. The Morgan fingerprint density at radius 2 is 2.45 bits per heavy atom. The first kappa shape index (κ1) is 8.21. The molecule has 0 spiro atoms. The quantitative estimate of drug-likeness (QED) is 0.655. The summed E-state index contributed by atoms with van der Waals surface area (Å²) in [7, 11) is 0. The van der Waals surface area contributed by atoms with Gasteiger partial charge in [0.05, 0.1) is 18.4 Å². The van der Waals surface area contributed by atoms with Gasteiger partial charge in [-0.05, 0) is 19.9 Å². The molecule has 11 heavy (non-hydrogen) atoms. The van der Waals surface area contributed by atoms with Gasteiger partial charge in [0, 0.05) is 12.3 Å². The fourth-order valence-corrected chi connectivity index (χ4v) is 0.688. The fourth-order valence-electron chi connectivity index (χ4n) is 0.688. The number of hydrogen-bond acceptors (Lipinski definition) is 2. The number of aromatic nitrogens is 1. The molecule has 0 aliphatic carbocycles. The molecule has 0 aliphatic heterocycles. The predicted molar refractivity (Wildman–Crippen MR) is 43.0 cm³/mol. The Morgan fingerprint density at radius 3 is 3.00 bits per heavy atom. The second-order valence-electron chi connectivity index (χ2n) is 2.61. The van der Waals surface area contributed by atoms with Crippen LogP contribution in [0.3, 0.4) is 0 Å². The highest BCUT2D eigenvalue weighted by molar-refractivity contribution is 5.00. The molecule has 0 saturated carbocycles. The van der Waals surface area contributed by atoms with Gasteiger partial charge >= 0.3 is 0 Å². The molecule has 0 fully saturated rings.